The number of fused-ring (bicyclic) bond motifs is 3. The van der Waals surface area contributed by atoms with Crippen LogP contribution in [0, 0.1) is 17.8 Å². The van der Waals surface area contributed by atoms with E-state index in [1.165, 1.54) is 0 Å². The third-order valence-corrected chi connectivity index (χ3v) is 15.8. The minimum atomic E-state index is -4.94. The summed E-state index contributed by atoms with van der Waals surface area (Å²) in [4.78, 5) is 65.0. The topological polar surface area (TPSA) is 195 Å². The maximum atomic E-state index is 15.0. The number of carbonyl (C=O) groups is 4. The number of hydrogen-bond acceptors (Lipinski definition) is 12. The van der Waals surface area contributed by atoms with Gasteiger partial charge in [0, 0.05) is 36.2 Å². The number of halogens is 4. The molecule has 364 valence electrons. The minimum absolute atomic E-state index is 0.00380. The van der Waals surface area contributed by atoms with Gasteiger partial charge in [-0.25, -0.2) is 22.6 Å². The van der Waals surface area contributed by atoms with E-state index in [1.807, 2.05) is 37.6 Å². The van der Waals surface area contributed by atoms with Crippen LogP contribution in [0.1, 0.15) is 86.5 Å². The maximum Gasteiger partial charge on any atom is 0.427 e. The van der Waals surface area contributed by atoms with Crippen LogP contribution in [0.25, 0.3) is 10.8 Å². The van der Waals surface area contributed by atoms with Crippen molar-refractivity contribution in [3.05, 3.63) is 36.5 Å². The summed E-state index contributed by atoms with van der Waals surface area (Å²) in [5.74, 6) is -3.42. The van der Waals surface area contributed by atoms with Crippen LogP contribution in [0.5, 0.6) is 11.6 Å². The molecule has 3 aliphatic heterocycles. The maximum absolute atomic E-state index is 15.0. The SMILES string of the molecule is COc1ccc2c(O[C@@H]3C[C@H]4C(=O)N[C@]5(C(=O)NS(=O)(=O)C6(CF)CC6)C[C@H]5/C=C\CC[C@@H](C)C[C@@H](C)[C@H](NC(=O)OC(C)(C)C(F)(F)F)C(=O)N4C3)ncc(N3C[C@@H](C)O[C@@H](C)C3)c2c1. The summed E-state index contributed by atoms with van der Waals surface area (Å²) in [5.41, 5.74) is -3.91. The molecule has 7 rings (SSSR count). The summed E-state index contributed by atoms with van der Waals surface area (Å²) in [7, 11) is -2.94. The predicted molar refractivity (Wildman–Crippen MR) is 234 cm³/mol. The number of alkyl carbamates (subject to hydrolysis) is 1. The van der Waals surface area contributed by atoms with Gasteiger partial charge >= 0.3 is 12.3 Å². The first-order chi connectivity index (χ1) is 30.9. The lowest BCUT2D eigenvalue weighted by molar-refractivity contribution is -0.244. The van der Waals surface area contributed by atoms with Crippen LogP contribution in [0.15, 0.2) is 36.5 Å². The number of nitrogens with one attached hydrogen (secondary N) is 3. The van der Waals surface area contributed by atoms with E-state index in [-0.39, 0.29) is 56.2 Å². The van der Waals surface area contributed by atoms with Gasteiger partial charge in [0.1, 0.15) is 40.9 Å². The fraction of sp³-hybridized carbons (Fsp3) is 0.667. The number of alkyl halides is 4. The fourth-order valence-corrected chi connectivity index (χ4v) is 10.8. The van der Waals surface area contributed by atoms with Gasteiger partial charge in [0.2, 0.25) is 33.3 Å². The van der Waals surface area contributed by atoms with Crippen molar-refractivity contribution in [2.45, 2.75) is 139 Å². The van der Waals surface area contributed by atoms with Gasteiger partial charge in [-0.2, -0.15) is 13.2 Å². The Kier molecular flexibility index (Phi) is 13.6. The Morgan fingerprint density at radius 1 is 1.03 bits per heavy atom. The van der Waals surface area contributed by atoms with E-state index in [4.69, 9.17) is 23.9 Å². The zero-order chi connectivity index (χ0) is 48.1. The zero-order valence-corrected chi connectivity index (χ0v) is 39.0. The first-order valence-corrected chi connectivity index (χ1v) is 23.9. The van der Waals surface area contributed by atoms with Crippen molar-refractivity contribution >= 4 is 50.3 Å². The first-order valence-electron chi connectivity index (χ1n) is 22.4. The molecule has 2 saturated heterocycles. The second-order valence-corrected chi connectivity index (χ2v) is 21.4. The number of pyridine rings is 1. The van der Waals surface area contributed by atoms with E-state index < -0.39 is 92.6 Å². The molecule has 66 heavy (non-hydrogen) atoms. The highest BCUT2D eigenvalue weighted by Gasteiger charge is 2.64. The number of anilines is 1. The molecule has 4 amide bonds. The van der Waals surface area contributed by atoms with Gasteiger partial charge in [-0.05, 0) is 96.3 Å². The third kappa shape index (κ3) is 9.87. The number of methoxy groups -OCH3 is 1. The number of morpholine rings is 1. The molecule has 21 heteroatoms. The third-order valence-electron chi connectivity index (χ3n) is 13.6. The number of benzene rings is 1. The summed E-state index contributed by atoms with van der Waals surface area (Å²) in [6, 6.07) is 2.47. The molecule has 4 fully saturated rings. The van der Waals surface area contributed by atoms with Crippen LogP contribution < -0.4 is 29.7 Å². The molecule has 1 aromatic heterocycles. The van der Waals surface area contributed by atoms with Gasteiger partial charge < -0.3 is 39.4 Å². The van der Waals surface area contributed by atoms with Crippen molar-refractivity contribution in [2.24, 2.45) is 17.8 Å². The average molecular weight is 953 g/mol. The molecule has 2 saturated carbocycles. The van der Waals surface area contributed by atoms with Crippen molar-refractivity contribution in [3.8, 4) is 11.6 Å². The van der Waals surface area contributed by atoms with Gasteiger partial charge in [0.25, 0.3) is 5.91 Å². The number of sulfonamides is 1. The molecule has 0 spiro atoms. The monoisotopic (exact) mass is 952 g/mol. The zero-order valence-electron chi connectivity index (χ0n) is 38.2. The Balaban J connectivity index is 1.24. The average Bonchev–Trinajstić information content (AvgIpc) is 4.14. The highest BCUT2D eigenvalue weighted by Crippen LogP contribution is 2.48. The number of ether oxygens (including phenoxy) is 4. The Hall–Kier alpha value is -4.92. The van der Waals surface area contributed by atoms with Gasteiger partial charge in [-0.15, -0.1) is 0 Å². The Bertz CT molecular complexity index is 2340. The van der Waals surface area contributed by atoms with E-state index >= 15 is 0 Å². The van der Waals surface area contributed by atoms with Crippen LogP contribution in [0.2, 0.25) is 0 Å². The fourth-order valence-electron chi connectivity index (χ4n) is 9.38. The second kappa shape index (κ2) is 18.3. The van der Waals surface area contributed by atoms with Gasteiger partial charge in [0.05, 0.1) is 37.7 Å². The van der Waals surface area contributed by atoms with Crippen LogP contribution in [-0.2, 0) is 33.9 Å². The van der Waals surface area contributed by atoms with Crippen molar-refractivity contribution in [3.63, 3.8) is 0 Å². The van der Waals surface area contributed by atoms with E-state index in [0.717, 1.165) is 16.0 Å². The number of amides is 4. The molecule has 9 atom stereocenters. The van der Waals surface area contributed by atoms with E-state index in [9.17, 15) is 45.2 Å². The van der Waals surface area contributed by atoms with E-state index in [2.05, 4.69) is 15.5 Å². The molecule has 2 aromatic rings. The van der Waals surface area contributed by atoms with Gasteiger partial charge in [-0.3, -0.25) is 19.1 Å². The number of aromatic nitrogens is 1. The normalized spacial score (nSPS) is 31.0. The van der Waals surface area contributed by atoms with E-state index in [1.54, 1.807) is 38.4 Å². The summed E-state index contributed by atoms with van der Waals surface area (Å²) in [6.07, 6.45) is -1.07. The largest absolute Gasteiger partial charge is 0.497 e. The second-order valence-electron chi connectivity index (χ2n) is 19.4. The first kappa shape index (κ1) is 49.0. The van der Waals surface area contributed by atoms with Crippen LogP contribution in [0.4, 0.5) is 28.0 Å². The number of allylic oxidation sites excluding steroid dienone is 1. The molecule has 0 radical (unpaired) electrons. The predicted octanol–water partition coefficient (Wildman–Crippen LogP) is 5.48. The number of hydrogen-bond donors (Lipinski definition) is 3. The molecule has 4 heterocycles. The van der Waals surface area contributed by atoms with Crippen molar-refractivity contribution in [2.75, 3.05) is 38.3 Å². The molecule has 2 aliphatic carbocycles. The number of nitrogens with zero attached hydrogens (tertiary/aromatic N) is 3. The molecular weight excluding hydrogens is 893 g/mol. The summed E-state index contributed by atoms with van der Waals surface area (Å²) in [6.45, 7) is 8.60. The summed E-state index contributed by atoms with van der Waals surface area (Å²) in [5, 5.41) is 6.46. The number of rotatable bonds is 10. The van der Waals surface area contributed by atoms with Crippen LogP contribution >= 0.6 is 0 Å². The van der Waals surface area contributed by atoms with Crippen molar-refractivity contribution in [1.82, 2.24) is 25.2 Å². The summed E-state index contributed by atoms with van der Waals surface area (Å²) >= 11 is 0. The molecule has 5 aliphatic rings. The number of carbonyl (C=O) groups excluding carboxylic acids is 4. The molecule has 1 aromatic carbocycles. The lowest BCUT2D eigenvalue weighted by atomic mass is 9.88. The minimum Gasteiger partial charge on any atom is -0.497 e. The Morgan fingerprint density at radius 2 is 1.73 bits per heavy atom. The highest BCUT2D eigenvalue weighted by atomic mass is 32.2. The van der Waals surface area contributed by atoms with Gasteiger partial charge in [0.15, 0.2) is 0 Å². The molecule has 0 unspecified atom stereocenters. The quantitative estimate of drug-likeness (QED) is 0.201. The Labute approximate surface area is 381 Å². The lowest BCUT2D eigenvalue weighted by Crippen LogP contribution is -2.60. The van der Waals surface area contributed by atoms with Gasteiger partial charge in [-0.1, -0.05) is 26.0 Å². The molecule has 3 N–H and O–H groups in total. The summed E-state index contributed by atoms with van der Waals surface area (Å²) < 4.78 is 105. The van der Waals surface area contributed by atoms with Crippen molar-refractivity contribution in [1.29, 1.82) is 0 Å². The highest BCUT2D eigenvalue weighted by molar-refractivity contribution is 7.91. The van der Waals surface area contributed by atoms with E-state index in [0.29, 0.717) is 57.3 Å². The molecular formula is C45H60F4N6O10S. The van der Waals surface area contributed by atoms with Crippen LogP contribution in [-0.4, -0.2) is 128 Å². The smallest absolute Gasteiger partial charge is 0.427 e. The molecule has 16 nitrogen and oxygen atoms in total. The Morgan fingerprint density at radius 3 is 2.36 bits per heavy atom. The lowest BCUT2D eigenvalue weighted by Gasteiger charge is -2.37. The molecule has 0 bridgehead atoms. The standard InChI is InChI=1S/C45H60F4N6O10S/c1-25-10-8-9-11-29-19-44(29,40(58)53-66(60,61)43(24-46)14-15-43)52-37(56)34-18-31(23-55(34)39(57)36(26(2)16-25)51-41(59)65-42(5,6)45(47,48)49)64-38-32-13-12-30(62-7)17-33(32)35(20-50-38)54-21-27(3)63-28(4)22-54/h9,11-13,17,20,25-29,31,34,36H,8,10,14-16,18-19,21-24H2,1-7H3,(H,51,59)(H,52,56)(H,53,58)/b11-9-/t25-,26-,27-,28+,29-,31-,34+,36+,44-/m1/s1. The van der Waals surface area contributed by atoms with Crippen molar-refractivity contribution < 1.29 is 64.1 Å². The van der Waals surface area contributed by atoms with Crippen LogP contribution in [0.3, 0.4) is 0 Å².